The number of sulfone groups is 1. The van der Waals surface area contributed by atoms with Crippen LogP contribution < -0.4 is 5.73 Å². The summed E-state index contributed by atoms with van der Waals surface area (Å²) in [6.45, 7) is 0. The minimum atomic E-state index is -3.05. The molecule has 1 aliphatic rings. The van der Waals surface area contributed by atoms with Gasteiger partial charge in [0.05, 0.1) is 10.6 Å². The molecular weight excluding hydrogens is 222 g/mol. The molecule has 0 bridgehead atoms. The van der Waals surface area contributed by atoms with Gasteiger partial charge in [-0.2, -0.15) is 0 Å². The third-order valence-electron chi connectivity index (χ3n) is 2.35. The quantitative estimate of drug-likeness (QED) is 0.735. The van der Waals surface area contributed by atoms with Crippen LogP contribution in [0.3, 0.4) is 0 Å². The maximum Gasteiger partial charge on any atom is 0.178 e. The first-order valence-electron chi connectivity index (χ1n) is 4.18. The molecule has 14 heavy (non-hydrogen) atoms. The summed E-state index contributed by atoms with van der Waals surface area (Å²) in [7, 11) is -3.05. The molecule has 0 spiro atoms. The average molecular weight is 234 g/mol. The van der Waals surface area contributed by atoms with E-state index in [1.54, 1.807) is 18.2 Å². The monoisotopic (exact) mass is 233 g/mol. The highest BCUT2D eigenvalue weighted by atomic mass is 35.5. The maximum absolute atomic E-state index is 11.6. The minimum Gasteiger partial charge on any atom is -0.324 e. The molecule has 1 heterocycles. The first-order valence-corrected chi connectivity index (χ1v) is 5.84. The first kappa shape index (κ1) is 11.5. The average Bonchev–Trinajstić information content (AvgIpc) is 2.13. The molecule has 1 aromatic carbocycles. The lowest BCUT2D eigenvalue weighted by Crippen LogP contribution is -2.24. The van der Waals surface area contributed by atoms with Crippen molar-refractivity contribution in [3.63, 3.8) is 0 Å². The molecule has 5 heteroatoms. The second-order valence-electron chi connectivity index (χ2n) is 3.25. The van der Waals surface area contributed by atoms with Crippen LogP contribution in [0.25, 0.3) is 0 Å². The van der Waals surface area contributed by atoms with Gasteiger partial charge in [0.2, 0.25) is 0 Å². The summed E-state index contributed by atoms with van der Waals surface area (Å²) in [5.74, 6) is 0.172. The van der Waals surface area contributed by atoms with Crippen molar-refractivity contribution in [1.82, 2.24) is 0 Å². The lowest BCUT2D eigenvalue weighted by molar-refractivity contribution is 0.569. The first-order chi connectivity index (χ1) is 6.11. The van der Waals surface area contributed by atoms with Crippen LogP contribution in [-0.2, 0) is 9.84 Å². The molecule has 78 valence electrons. The highest BCUT2D eigenvalue weighted by molar-refractivity contribution is 7.91. The standard InChI is InChI=1S/C9H11NO2S.ClH/c10-8-5-6-13(11,12)9-4-2-1-3-7(8)9;/h1-4,8H,5-6,10H2;1H/t8-;/m1./s1. The van der Waals surface area contributed by atoms with Crippen LogP contribution in [0.5, 0.6) is 0 Å². The van der Waals surface area contributed by atoms with Crippen molar-refractivity contribution in [2.75, 3.05) is 5.75 Å². The van der Waals surface area contributed by atoms with Crippen LogP contribution in [0.15, 0.2) is 29.2 Å². The van der Waals surface area contributed by atoms with Gasteiger partial charge in [0.1, 0.15) is 0 Å². The second kappa shape index (κ2) is 3.88. The molecule has 0 aliphatic carbocycles. The third-order valence-corrected chi connectivity index (χ3v) is 4.17. The summed E-state index contributed by atoms with van der Waals surface area (Å²) in [5, 5.41) is 0. The van der Waals surface area contributed by atoms with Gasteiger partial charge in [-0.1, -0.05) is 18.2 Å². The van der Waals surface area contributed by atoms with E-state index in [0.717, 1.165) is 5.56 Å². The number of nitrogens with two attached hydrogens (primary N) is 1. The van der Waals surface area contributed by atoms with Gasteiger partial charge in [0.15, 0.2) is 9.84 Å². The lowest BCUT2D eigenvalue weighted by atomic mass is 10.1. The highest BCUT2D eigenvalue weighted by Gasteiger charge is 2.27. The van der Waals surface area contributed by atoms with Crippen molar-refractivity contribution in [2.24, 2.45) is 5.73 Å². The normalized spacial score (nSPS) is 23.4. The fourth-order valence-electron chi connectivity index (χ4n) is 1.62. The van der Waals surface area contributed by atoms with E-state index < -0.39 is 9.84 Å². The smallest absolute Gasteiger partial charge is 0.178 e. The molecule has 0 radical (unpaired) electrons. The minimum absolute atomic E-state index is 0. The van der Waals surface area contributed by atoms with E-state index in [-0.39, 0.29) is 24.2 Å². The Morgan fingerprint density at radius 1 is 1.29 bits per heavy atom. The predicted octanol–water partition coefficient (Wildman–Crippen LogP) is 1.29. The molecule has 0 fully saturated rings. The Hall–Kier alpha value is -0.580. The number of halogens is 1. The molecule has 0 amide bonds. The van der Waals surface area contributed by atoms with Gasteiger partial charge in [0, 0.05) is 6.04 Å². The van der Waals surface area contributed by atoms with Gasteiger partial charge in [-0.3, -0.25) is 0 Å². The number of benzene rings is 1. The van der Waals surface area contributed by atoms with Crippen molar-refractivity contribution >= 4 is 22.2 Å². The Bertz CT molecular complexity index is 430. The molecule has 1 atom stereocenters. The van der Waals surface area contributed by atoms with E-state index in [0.29, 0.717) is 11.3 Å². The number of fused-ring (bicyclic) bond motifs is 1. The van der Waals surface area contributed by atoms with E-state index in [9.17, 15) is 8.42 Å². The zero-order chi connectivity index (χ0) is 9.47. The van der Waals surface area contributed by atoms with Gasteiger partial charge in [-0.15, -0.1) is 12.4 Å². The Labute approximate surface area is 89.6 Å². The van der Waals surface area contributed by atoms with Gasteiger partial charge < -0.3 is 5.73 Å². The molecule has 0 saturated carbocycles. The van der Waals surface area contributed by atoms with E-state index in [2.05, 4.69) is 0 Å². The van der Waals surface area contributed by atoms with Crippen LogP contribution >= 0.6 is 12.4 Å². The molecule has 1 aromatic rings. The molecule has 0 unspecified atom stereocenters. The van der Waals surface area contributed by atoms with Crippen molar-refractivity contribution in [2.45, 2.75) is 17.4 Å². The summed E-state index contributed by atoms with van der Waals surface area (Å²) in [5.41, 5.74) is 6.56. The molecule has 1 aliphatic heterocycles. The number of hydrogen-bond acceptors (Lipinski definition) is 3. The summed E-state index contributed by atoms with van der Waals surface area (Å²) >= 11 is 0. The maximum atomic E-state index is 11.6. The van der Waals surface area contributed by atoms with Gasteiger partial charge in [-0.25, -0.2) is 8.42 Å². The Kier molecular flexibility index (Phi) is 3.19. The SMILES string of the molecule is Cl.N[C@@H]1CCS(=O)(=O)c2ccccc21. The predicted molar refractivity (Wildman–Crippen MR) is 57.3 cm³/mol. The van der Waals surface area contributed by atoms with Crippen LogP contribution in [0.1, 0.15) is 18.0 Å². The van der Waals surface area contributed by atoms with Gasteiger partial charge in [0.25, 0.3) is 0 Å². The molecule has 0 saturated heterocycles. The molecule has 2 rings (SSSR count). The van der Waals surface area contributed by atoms with Gasteiger partial charge in [-0.05, 0) is 18.1 Å². The van der Waals surface area contributed by atoms with Crippen LogP contribution in [-0.4, -0.2) is 14.2 Å². The summed E-state index contributed by atoms with van der Waals surface area (Å²) in [6, 6.07) is 6.84. The summed E-state index contributed by atoms with van der Waals surface area (Å²) < 4.78 is 23.1. The van der Waals surface area contributed by atoms with Crippen molar-refractivity contribution in [3.8, 4) is 0 Å². The number of rotatable bonds is 0. The lowest BCUT2D eigenvalue weighted by Gasteiger charge is -2.21. The third kappa shape index (κ3) is 1.78. The van der Waals surface area contributed by atoms with Crippen LogP contribution in [0.4, 0.5) is 0 Å². The topological polar surface area (TPSA) is 60.2 Å². The molecule has 2 N–H and O–H groups in total. The zero-order valence-corrected chi connectivity index (χ0v) is 9.14. The summed E-state index contributed by atoms with van der Waals surface area (Å²) in [4.78, 5) is 0.411. The highest BCUT2D eigenvalue weighted by Crippen LogP contribution is 2.29. The van der Waals surface area contributed by atoms with Crippen molar-refractivity contribution in [1.29, 1.82) is 0 Å². The van der Waals surface area contributed by atoms with E-state index in [1.807, 2.05) is 6.07 Å². The van der Waals surface area contributed by atoms with Gasteiger partial charge >= 0.3 is 0 Å². The second-order valence-corrected chi connectivity index (χ2v) is 5.33. The largest absolute Gasteiger partial charge is 0.324 e. The fourth-order valence-corrected chi connectivity index (χ4v) is 3.27. The number of hydrogen-bond donors (Lipinski definition) is 1. The van der Waals surface area contributed by atoms with Crippen LogP contribution in [0, 0.1) is 0 Å². The van der Waals surface area contributed by atoms with Crippen LogP contribution in [0.2, 0.25) is 0 Å². The Morgan fingerprint density at radius 2 is 1.93 bits per heavy atom. The zero-order valence-electron chi connectivity index (χ0n) is 7.51. The molecule has 3 nitrogen and oxygen atoms in total. The molecule has 0 aromatic heterocycles. The van der Waals surface area contributed by atoms with Crippen molar-refractivity contribution in [3.05, 3.63) is 29.8 Å². The Balaban J connectivity index is 0.000000980. The molecular formula is C9H12ClNO2S. The summed E-state index contributed by atoms with van der Waals surface area (Å²) in [6.07, 6.45) is 0.527. The Morgan fingerprint density at radius 3 is 2.57 bits per heavy atom. The van der Waals surface area contributed by atoms with E-state index in [1.165, 1.54) is 0 Å². The van der Waals surface area contributed by atoms with E-state index >= 15 is 0 Å². The van der Waals surface area contributed by atoms with E-state index in [4.69, 9.17) is 5.73 Å². The van der Waals surface area contributed by atoms with Crippen molar-refractivity contribution < 1.29 is 8.42 Å². The fraction of sp³-hybridized carbons (Fsp3) is 0.333.